The van der Waals surface area contributed by atoms with Gasteiger partial charge in [0.1, 0.15) is 11.4 Å². The van der Waals surface area contributed by atoms with Gasteiger partial charge >= 0.3 is 0 Å². The highest BCUT2D eigenvalue weighted by Crippen LogP contribution is 2.31. The van der Waals surface area contributed by atoms with Crippen molar-refractivity contribution in [2.24, 2.45) is 0 Å². The van der Waals surface area contributed by atoms with Crippen LogP contribution in [-0.4, -0.2) is 17.1 Å². The molecule has 0 radical (unpaired) electrons. The van der Waals surface area contributed by atoms with Crippen LogP contribution in [0.4, 0.5) is 11.4 Å². The summed E-state index contributed by atoms with van der Waals surface area (Å²) < 4.78 is 0. The maximum Gasteiger partial charge on any atom is 0.253 e. The molecule has 2 aromatic carbocycles. The molecule has 0 saturated carbocycles. The monoisotopic (exact) mass is 355 g/mol. The zero-order valence-corrected chi connectivity index (χ0v) is 16.3. The predicted molar refractivity (Wildman–Crippen MR) is 108 cm³/mol. The summed E-state index contributed by atoms with van der Waals surface area (Å²) in [5.74, 6) is 0. The normalized spacial score (nSPS) is 20.7. The second-order valence-electron chi connectivity index (χ2n) is 8.83. The molecule has 1 heterocycles. The summed E-state index contributed by atoms with van der Waals surface area (Å²) in [6.45, 7) is 10.7. The van der Waals surface area contributed by atoms with Crippen LogP contribution in [-0.2, 0) is 0 Å². The summed E-state index contributed by atoms with van der Waals surface area (Å²) in [5, 5.41) is 10.2. The molecule has 0 aliphatic carbocycles. The molecule has 0 spiro atoms. The van der Waals surface area contributed by atoms with Crippen LogP contribution in [0.2, 0.25) is 0 Å². The Morgan fingerprint density at radius 1 is 0.962 bits per heavy atom. The Bertz CT molecular complexity index is 832. The maximum absolute atomic E-state index is 12.2. The van der Waals surface area contributed by atoms with Crippen molar-refractivity contribution in [1.82, 2.24) is 5.32 Å². The summed E-state index contributed by atoms with van der Waals surface area (Å²) in [7, 11) is 0. The zero-order valence-electron chi connectivity index (χ0n) is 16.3. The van der Waals surface area contributed by atoms with E-state index in [1.54, 1.807) is 0 Å². The molecule has 1 aliphatic heterocycles. The van der Waals surface area contributed by atoms with Crippen molar-refractivity contribution in [3.05, 3.63) is 56.3 Å². The highest BCUT2D eigenvalue weighted by Gasteiger charge is 2.38. The van der Waals surface area contributed by atoms with Gasteiger partial charge in [0.15, 0.2) is 0 Å². The van der Waals surface area contributed by atoms with Gasteiger partial charge in [0.05, 0.1) is 0 Å². The summed E-state index contributed by atoms with van der Waals surface area (Å²) in [5.41, 5.74) is 1.04. The van der Waals surface area contributed by atoms with Gasteiger partial charge in [0.25, 0.3) is 10.9 Å². The number of anilines is 2. The third-order valence-electron chi connectivity index (χ3n) is 5.11. The fourth-order valence-corrected chi connectivity index (χ4v) is 4.34. The Labute approximate surface area is 154 Å². The van der Waals surface area contributed by atoms with Gasteiger partial charge in [-0.2, -0.15) is 0 Å². The quantitative estimate of drug-likeness (QED) is 0.719. The molecule has 5 heteroatoms. The first-order valence-electron chi connectivity index (χ1n) is 9.29. The van der Waals surface area contributed by atoms with Crippen LogP contribution in [0.5, 0.6) is 0 Å². The van der Waals surface area contributed by atoms with Gasteiger partial charge in [-0.3, -0.25) is 9.59 Å². The number of rotatable bonds is 5. The lowest BCUT2D eigenvalue weighted by Crippen LogP contribution is -2.60. The standard InChI is InChI=1S/C21H29N3O2/c1-13(14-9-7-6-8-10-14)22-16-17(19(26)18(16)25)23-15-11-20(2,3)24-21(4,5)12-15/h6-10,13,15,22-24H,11-12H2,1-5H3/t13-/m1/s1. The van der Waals surface area contributed by atoms with E-state index in [0.717, 1.165) is 18.4 Å². The van der Waals surface area contributed by atoms with Crippen molar-refractivity contribution in [1.29, 1.82) is 0 Å². The molecule has 0 bridgehead atoms. The Morgan fingerprint density at radius 3 is 2.08 bits per heavy atom. The summed E-state index contributed by atoms with van der Waals surface area (Å²) >= 11 is 0. The molecular formula is C21H29N3O2. The maximum atomic E-state index is 12.2. The summed E-state index contributed by atoms with van der Waals surface area (Å²) in [6.07, 6.45) is 1.78. The van der Waals surface area contributed by atoms with E-state index in [0.29, 0.717) is 11.4 Å². The topological polar surface area (TPSA) is 70.2 Å². The SMILES string of the molecule is C[C@@H](Nc1c(NC2CC(C)(C)NC(C)(C)C2)c(=O)c1=O)c1ccccc1. The number of hydrogen-bond donors (Lipinski definition) is 3. The van der Waals surface area contributed by atoms with E-state index >= 15 is 0 Å². The molecule has 1 atom stereocenters. The van der Waals surface area contributed by atoms with Crippen LogP contribution < -0.4 is 26.8 Å². The third-order valence-corrected chi connectivity index (χ3v) is 5.11. The van der Waals surface area contributed by atoms with Crippen molar-refractivity contribution in [2.75, 3.05) is 10.6 Å². The lowest BCUT2D eigenvalue weighted by Gasteiger charge is -2.47. The van der Waals surface area contributed by atoms with Gasteiger partial charge in [-0.15, -0.1) is 0 Å². The molecule has 0 amide bonds. The van der Waals surface area contributed by atoms with Crippen LogP contribution in [0.1, 0.15) is 59.1 Å². The zero-order chi connectivity index (χ0) is 19.1. The molecule has 1 aliphatic rings. The van der Waals surface area contributed by atoms with E-state index in [9.17, 15) is 9.59 Å². The first-order chi connectivity index (χ1) is 12.1. The lowest BCUT2D eigenvalue weighted by atomic mass is 9.79. The molecule has 140 valence electrons. The Kier molecular flexibility index (Phi) is 4.69. The molecule has 1 fully saturated rings. The van der Waals surface area contributed by atoms with Crippen LogP contribution in [0.25, 0.3) is 0 Å². The van der Waals surface area contributed by atoms with E-state index in [4.69, 9.17) is 0 Å². The van der Waals surface area contributed by atoms with Crippen LogP contribution in [0, 0.1) is 0 Å². The molecule has 2 aromatic rings. The Balaban J connectivity index is 1.77. The van der Waals surface area contributed by atoms with Gasteiger partial charge in [-0.05, 0) is 53.0 Å². The van der Waals surface area contributed by atoms with Crippen LogP contribution in [0.15, 0.2) is 39.9 Å². The largest absolute Gasteiger partial charge is 0.377 e. The van der Waals surface area contributed by atoms with Gasteiger partial charge in [-0.25, -0.2) is 0 Å². The van der Waals surface area contributed by atoms with E-state index in [1.165, 1.54) is 0 Å². The van der Waals surface area contributed by atoms with E-state index < -0.39 is 10.9 Å². The van der Waals surface area contributed by atoms with Crippen molar-refractivity contribution >= 4 is 11.4 Å². The minimum absolute atomic E-state index is 0.0261. The molecule has 26 heavy (non-hydrogen) atoms. The van der Waals surface area contributed by atoms with Crippen LogP contribution in [0.3, 0.4) is 0 Å². The third kappa shape index (κ3) is 3.83. The van der Waals surface area contributed by atoms with E-state index in [2.05, 4.69) is 43.6 Å². The molecule has 3 rings (SSSR count). The first kappa shape index (κ1) is 18.6. The lowest BCUT2D eigenvalue weighted by molar-refractivity contribution is 0.170. The van der Waals surface area contributed by atoms with Gasteiger partial charge in [0, 0.05) is 23.2 Å². The minimum Gasteiger partial charge on any atom is -0.377 e. The smallest absolute Gasteiger partial charge is 0.253 e. The van der Waals surface area contributed by atoms with Crippen molar-refractivity contribution in [2.45, 2.75) is 70.6 Å². The van der Waals surface area contributed by atoms with Crippen LogP contribution >= 0.6 is 0 Å². The Morgan fingerprint density at radius 2 is 1.50 bits per heavy atom. The number of nitrogens with one attached hydrogen (secondary N) is 3. The number of piperidine rings is 1. The molecule has 5 nitrogen and oxygen atoms in total. The number of hydrogen-bond acceptors (Lipinski definition) is 5. The van der Waals surface area contributed by atoms with E-state index in [-0.39, 0.29) is 23.2 Å². The van der Waals surface area contributed by atoms with Crippen molar-refractivity contribution in [3.8, 4) is 0 Å². The van der Waals surface area contributed by atoms with E-state index in [1.807, 2.05) is 37.3 Å². The Hall–Kier alpha value is -2.14. The van der Waals surface area contributed by atoms with Gasteiger partial charge < -0.3 is 16.0 Å². The first-order valence-corrected chi connectivity index (χ1v) is 9.29. The molecule has 0 aromatic heterocycles. The van der Waals surface area contributed by atoms with Crippen molar-refractivity contribution < 1.29 is 0 Å². The average molecular weight is 355 g/mol. The molecule has 0 unspecified atom stereocenters. The summed E-state index contributed by atoms with van der Waals surface area (Å²) in [4.78, 5) is 24.3. The van der Waals surface area contributed by atoms with Crippen molar-refractivity contribution in [3.63, 3.8) is 0 Å². The number of benzene rings is 1. The fraction of sp³-hybridized carbons (Fsp3) is 0.524. The second kappa shape index (κ2) is 6.54. The second-order valence-corrected chi connectivity index (χ2v) is 8.83. The average Bonchev–Trinajstić information content (AvgIpc) is 2.55. The molecular weight excluding hydrogens is 326 g/mol. The summed E-state index contributed by atoms with van der Waals surface area (Å²) in [6, 6.07) is 10.0. The molecule has 1 saturated heterocycles. The highest BCUT2D eigenvalue weighted by atomic mass is 16.2. The predicted octanol–water partition coefficient (Wildman–Crippen LogP) is 3.18. The molecule has 3 N–H and O–H groups in total. The fourth-order valence-electron chi connectivity index (χ4n) is 4.34. The highest BCUT2D eigenvalue weighted by molar-refractivity contribution is 5.74. The van der Waals surface area contributed by atoms with Gasteiger partial charge in [0.2, 0.25) is 0 Å². The minimum atomic E-state index is -0.428. The van der Waals surface area contributed by atoms with Gasteiger partial charge in [-0.1, -0.05) is 30.3 Å².